The van der Waals surface area contributed by atoms with E-state index in [-0.39, 0.29) is 0 Å². The van der Waals surface area contributed by atoms with Gasteiger partial charge in [0, 0.05) is 24.6 Å². The van der Waals surface area contributed by atoms with Crippen molar-refractivity contribution in [3.63, 3.8) is 0 Å². The van der Waals surface area contributed by atoms with Crippen LogP contribution in [0.2, 0.25) is 4.34 Å². The van der Waals surface area contributed by atoms with Crippen molar-refractivity contribution in [1.82, 2.24) is 5.32 Å². The third kappa shape index (κ3) is 4.32. The molecular weight excluding hydrogens is 278 g/mol. The van der Waals surface area contributed by atoms with E-state index in [1.54, 1.807) is 18.4 Å². The summed E-state index contributed by atoms with van der Waals surface area (Å²) in [5.74, 6) is 0. The van der Waals surface area contributed by atoms with Crippen LogP contribution in [-0.2, 0) is 17.9 Å². The van der Waals surface area contributed by atoms with Crippen molar-refractivity contribution in [3.05, 3.63) is 56.7 Å². The first-order valence-electron chi connectivity index (χ1n) is 6.24. The van der Waals surface area contributed by atoms with Crippen molar-refractivity contribution in [3.8, 4) is 0 Å². The Balaban J connectivity index is 1.93. The molecule has 0 aliphatic heterocycles. The van der Waals surface area contributed by atoms with Crippen LogP contribution in [0.5, 0.6) is 0 Å². The SMILES string of the molecule is COCc1cccc(CNC(C)c2ccc(Cl)s2)c1. The fraction of sp³-hybridized carbons (Fsp3) is 0.333. The van der Waals surface area contributed by atoms with Crippen molar-refractivity contribution >= 4 is 22.9 Å². The number of nitrogens with one attached hydrogen (secondary N) is 1. The molecule has 1 unspecified atom stereocenters. The van der Waals surface area contributed by atoms with E-state index in [1.165, 1.54) is 16.0 Å². The van der Waals surface area contributed by atoms with Crippen LogP contribution >= 0.6 is 22.9 Å². The van der Waals surface area contributed by atoms with Crippen LogP contribution in [0.4, 0.5) is 0 Å². The van der Waals surface area contributed by atoms with E-state index in [2.05, 4.69) is 42.6 Å². The van der Waals surface area contributed by atoms with Gasteiger partial charge in [-0.3, -0.25) is 0 Å². The largest absolute Gasteiger partial charge is 0.380 e. The summed E-state index contributed by atoms with van der Waals surface area (Å²) in [5, 5.41) is 3.51. The zero-order valence-corrected chi connectivity index (χ0v) is 12.7. The van der Waals surface area contributed by atoms with E-state index < -0.39 is 0 Å². The number of rotatable bonds is 6. The maximum Gasteiger partial charge on any atom is 0.0931 e. The van der Waals surface area contributed by atoms with Crippen molar-refractivity contribution in [2.24, 2.45) is 0 Å². The average Bonchev–Trinajstić information content (AvgIpc) is 2.84. The molecule has 4 heteroatoms. The quantitative estimate of drug-likeness (QED) is 0.853. The van der Waals surface area contributed by atoms with Crippen molar-refractivity contribution < 1.29 is 4.74 Å². The van der Waals surface area contributed by atoms with Gasteiger partial charge in [0.15, 0.2) is 0 Å². The highest BCUT2D eigenvalue weighted by atomic mass is 35.5. The minimum Gasteiger partial charge on any atom is -0.380 e. The first-order valence-corrected chi connectivity index (χ1v) is 7.44. The Bertz CT molecular complexity index is 526. The number of methoxy groups -OCH3 is 1. The van der Waals surface area contributed by atoms with E-state index in [9.17, 15) is 0 Å². The van der Waals surface area contributed by atoms with Crippen LogP contribution in [0.25, 0.3) is 0 Å². The topological polar surface area (TPSA) is 21.3 Å². The van der Waals surface area contributed by atoms with Crippen molar-refractivity contribution in [2.75, 3.05) is 7.11 Å². The molecule has 2 aromatic rings. The van der Waals surface area contributed by atoms with Gasteiger partial charge in [0.1, 0.15) is 0 Å². The molecule has 1 aromatic heterocycles. The highest BCUT2D eigenvalue weighted by molar-refractivity contribution is 7.16. The van der Waals surface area contributed by atoms with Crippen LogP contribution in [0.3, 0.4) is 0 Å². The van der Waals surface area contributed by atoms with E-state index in [0.29, 0.717) is 12.6 Å². The zero-order chi connectivity index (χ0) is 13.7. The van der Waals surface area contributed by atoms with Gasteiger partial charge in [-0.25, -0.2) is 0 Å². The van der Waals surface area contributed by atoms with Gasteiger partial charge in [-0.05, 0) is 30.2 Å². The van der Waals surface area contributed by atoms with Crippen LogP contribution in [-0.4, -0.2) is 7.11 Å². The molecule has 0 bridgehead atoms. The van der Waals surface area contributed by atoms with Crippen LogP contribution in [0, 0.1) is 0 Å². The monoisotopic (exact) mass is 295 g/mol. The van der Waals surface area contributed by atoms with Crippen molar-refractivity contribution in [2.45, 2.75) is 26.1 Å². The van der Waals surface area contributed by atoms with Crippen molar-refractivity contribution in [1.29, 1.82) is 0 Å². The van der Waals surface area contributed by atoms with E-state index in [4.69, 9.17) is 16.3 Å². The van der Waals surface area contributed by atoms with Gasteiger partial charge in [0.2, 0.25) is 0 Å². The molecule has 1 N–H and O–H groups in total. The summed E-state index contributed by atoms with van der Waals surface area (Å²) in [6.07, 6.45) is 0. The van der Waals surface area contributed by atoms with Gasteiger partial charge in [0.05, 0.1) is 10.9 Å². The number of hydrogen-bond acceptors (Lipinski definition) is 3. The molecule has 0 radical (unpaired) electrons. The Kier molecular flexibility index (Phi) is 5.40. The maximum atomic E-state index is 5.95. The summed E-state index contributed by atoms with van der Waals surface area (Å²) in [4.78, 5) is 1.26. The number of halogens is 1. The number of benzene rings is 1. The Morgan fingerprint density at radius 3 is 2.74 bits per heavy atom. The van der Waals surface area contributed by atoms with Crippen LogP contribution in [0.1, 0.15) is 29.0 Å². The smallest absolute Gasteiger partial charge is 0.0931 e. The van der Waals surface area contributed by atoms with Gasteiger partial charge in [-0.2, -0.15) is 0 Å². The Labute approximate surface area is 123 Å². The molecular formula is C15H18ClNOS. The first kappa shape index (κ1) is 14.5. The summed E-state index contributed by atoms with van der Waals surface area (Å²) in [6.45, 7) is 3.65. The second kappa shape index (κ2) is 7.06. The maximum absolute atomic E-state index is 5.95. The number of hydrogen-bond donors (Lipinski definition) is 1. The minimum atomic E-state index is 0.309. The van der Waals surface area contributed by atoms with Crippen LogP contribution in [0.15, 0.2) is 36.4 Å². The lowest BCUT2D eigenvalue weighted by Crippen LogP contribution is -2.17. The molecule has 102 valence electrons. The molecule has 0 saturated heterocycles. The first-order chi connectivity index (χ1) is 9.19. The highest BCUT2D eigenvalue weighted by Crippen LogP contribution is 2.26. The molecule has 0 fully saturated rings. The predicted molar refractivity (Wildman–Crippen MR) is 81.7 cm³/mol. The second-order valence-electron chi connectivity index (χ2n) is 4.50. The Hall–Kier alpha value is -0.870. The molecule has 19 heavy (non-hydrogen) atoms. The van der Waals surface area contributed by atoms with Gasteiger partial charge < -0.3 is 10.1 Å². The summed E-state index contributed by atoms with van der Waals surface area (Å²) in [7, 11) is 1.72. The van der Waals surface area contributed by atoms with E-state index >= 15 is 0 Å². The molecule has 2 rings (SSSR count). The molecule has 0 aliphatic rings. The summed E-state index contributed by atoms with van der Waals surface area (Å²) >= 11 is 7.58. The zero-order valence-electron chi connectivity index (χ0n) is 11.2. The molecule has 0 amide bonds. The molecule has 1 atom stereocenters. The molecule has 0 saturated carbocycles. The van der Waals surface area contributed by atoms with Gasteiger partial charge in [-0.1, -0.05) is 35.9 Å². The normalized spacial score (nSPS) is 12.6. The minimum absolute atomic E-state index is 0.309. The van der Waals surface area contributed by atoms with Gasteiger partial charge in [0.25, 0.3) is 0 Å². The molecule has 2 nitrogen and oxygen atoms in total. The molecule has 1 heterocycles. The van der Waals surface area contributed by atoms with Gasteiger partial charge in [-0.15, -0.1) is 11.3 Å². The molecule has 0 spiro atoms. The summed E-state index contributed by atoms with van der Waals surface area (Å²) in [6, 6.07) is 12.8. The van der Waals surface area contributed by atoms with E-state index in [1.807, 2.05) is 6.07 Å². The van der Waals surface area contributed by atoms with Gasteiger partial charge >= 0.3 is 0 Å². The Morgan fingerprint density at radius 1 is 1.26 bits per heavy atom. The highest BCUT2D eigenvalue weighted by Gasteiger charge is 2.07. The lowest BCUT2D eigenvalue weighted by molar-refractivity contribution is 0.185. The van der Waals surface area contributed by atoms with Crippen LogP contribution < -0.4 is 5.32 Å². The fourth-order valence-corrected chi connectivity index (χ4v) is 3.02. The molecule has 0 aliphatic carbocycles. The number of thiophene rings is 1. The average molecular weight is 296 g/mol. The summed E-state index contributed by atoms with van der Waals surface area (Å²) in [5.41, 5.74) is 2.47. The predicted octanol–water partition coefficient (Wildman–Crippen LogP) is 4.40. The Morgan fingerprint density at radius 2 is 2.05 bits per heavy atom. The third-order valence-corrected chi connectivity index (χ3v) is 4.35. The lowest BCUT2D eigenvalue weighted by atomic mass is 10.1. The third-order valence-electron chi connectivity index (χ3n) is 2.94. The van der Waals surface area contributed by atoms with E-state index in [0.717, 1.165) is 10.9 Å². The summed E-state index contributed by atoms with van der Waals surface area (Å²) < 4.78 is 5.99. The molecule has 1 aromatic carbocycles. The number of ether oxygens (including phenoxy) is 1. The second-order valence-corrected chi connectivity index (χ2v) is 6.24. The fourth-order valence-electron chi connectivity index (χ4n) is 1.93. The lowest BCUT2D eigenvalue weighted by Gasteiger charge is -2.12. The standard InChI is InChI=1S/C15H18ClNOS/c1-11(14-6-7-15(16)19-14)17-9-12-4-3-5-13(8-12)10-18-2/h3-8,11,17H,9-10H2,1-2H3.